The van der Waals surface area contributed by atoms with Gasteiger partial charge >= 0.3 is 5.69 Å². The second kappa shape index (κ2) is 5.65. The molecule has 118 valence electrons. The number of hydrogen-bond acceptors (Lipinski definition) is 3. The second-order valence-electron chi connectivity index (χ2n) is 6.14. The van der Waals surface area contributed by atoms with Crippen LogP contribution in [0.25, 0.3) is 5.57 Å². The topological polar surface area (TPSA) is 46.9 Å². The molecule has 1 aliphatic carbocycles. The van der Waals surface area contributed by atoms with E-state index in [-0.39, 0.29) is 11.5 Å². The lowest BCUT2D eigenvalue weighted by Crippen LogP contribution is -2.30. The molecule has 1 aromatic heterocycles. The normalized spacial score (nSPS) is 16.7. The number of aromatic nitrogens is 2. The highest BCUT2D eigenvalue weighted by Gasteiger charge is 2.23. The van der Waals surface area contributed by atoms with Crippen molar-refractivity contribution in [2.75, 3.05) is 5.32 Å². The summed E-state index contributed by atoms with van der Waals surface area (Å²) in [6.07, 6.45) is 5.53. The summed E-state index contributed by atoms with van der Waals surface area (Å²) in [5.41, 5.74) is 4.13. The van der Waals surface area contributed by atoms with Gasteiger partial charge in [0.15, 0.2) is 0 Å². The molecule has 2 aromatic rings. The first-order valence-electron chi connectivity index (χ1n) is 8.06. The van der Waals surface area contributed by atoms with Crippen molar-refractivity contribution >= 4 is 17.1 Å². The maximum atomic E-state index is 13.3. The lowest BCUT2D eigenvalue weighted by Gasteiger charge is -2.28. The highest BCUT2D eigenvalue weighted by molar-refractivity contribution is 5.71. The molecular formula is C18H18FN3O. The van der Waals surface area contributed by atoms with Crippen molar-refractivity contribution in [3.63, 3.8) is 0 Å². The van der Waals surface area contributed by atoms with Crippen LogP contribution in [0.4, 0.5) is 15.9 Å². The monoisotopic (exact) mass is 311 g/mol. The standard InChI is InChI=1S/C18H18FN3O/c19-13-5-3-6-14(10-13)20-17-11-16-15-7-2-1-4-12(15)8-9-22(16)18(23)21-17/h3,5-6,10-11H,1-2,4,7-9H2,(H,20,21,23). The van der Waals surface area contributed by atoms with Crippen LogP contribution in [0.3, 0.4) is 0 Å². The summed E-state index contributed by atoms with van der Waals surface area (Å²) in [5, 5.41) is 3.04. The Morgan fingerprint density at radius 3 is 2.87 bits per heavy atom. The molecule has 0 radical (unpaired) electrons. The average Bonchev–Trinajstić information content (AvgIpc) is 2.55. The molecule has 4 nitrogen and oxygen atoms in total. The molecule has 23 heavy (non-hydrogen) atoms. The molecule has 2 aliphatic rings. The number of allylic oxidation sites excluding steroid dienone is 2. The lowest BCUT2D eigenvalue weighted by molar-refractivity contribution is 0.574. The minimum atomic E-state index is -0.318. The highest BCUT2D eigenvalue weighted by atomic mass is 19.1. The second-order valence-corrected chi connectivity index (χ2v) is 6.14. The van der Waals surface area contributed by atoms with Gasteiger partial charge in [0.1, 0.15) is 11.6 Å². The summed E-state index contributed by atoms with van der Waals surface area (Å²) in [5.74, 6) is 0.160. The van der Waals surface area contributed by atoms with E-state index in [2.05, 4.69) is 10.3 Å². The van der Waals surface area contributed by atoms with E-state index in [1.807, 2.05) is 6.07 Å². The minimum Gasteiger partial charge on any atom is -0.340 e. The molecule has 2 heterocycles. The van der Waals surface area contributed by atoms with Gasteiger partial charge in [-0.2, -0.15) is 4.98 Å². The van der Waals surface area contributed by atoms with Gasteiger partial charge in [-0.1, -0.05) is 11.6 Å². The third-order valence-electron chi connectivity index (χ3n) is 4.64. The van der Waals surface area contributed by atoms with Crippen LogP contribution in [0.15, 0.2) is 40.7 Å². The van der Waals surface area contributed by atoms with Crippen LogP contribution in [0, 0.1) is 5.82 Å². The molecule has 0 saturated heterocycles. The number of anilines is 2. The molecule has 0 saturated carbocycles. The Bertz CT molecular complexity index is 854. The molecular weight excluding hydrogens is 293 g/mol. The van der Waals surface area contributed by atoms with Gasteiger partial charge < -0.3 is 5.32 Å². The van der Waals surface area contributed by atoms with Crippen molar-refractivity contribution in [2.45, 2.75) is 38.6 Å². The zero-order valence-corrected chi connectivity index (χ0v) is 12.8. The Labute approximate surface area is 133 Å². The Balaban J connectivity index is 1.75. The van der Waals surface area contributed by atoms with Crippen molar-refractivity contribution in [3.05, 3.63) is 57.9 Å². The van der Waals surface area contributed by atoms with Gasteiger partial charge in [-0.25, -0.2) is 9.18 Å². The molecule has 0 unspecified atom stereocenters. The molecule has 0 amide bonds. The molecule has 0 atom stereocenters. The zero-order valence-electron chi connectivity index (χ0n) is 12.8. The fraction of sp³-hybridized carbons (Fsp3) is 0.333. The summed E-state index contributed by atoms with van der Waals surface area (Å²) < 4.78 is 15.1. The minimum absolute atomic E-state index is 0.237. The van der Waals surface area contributed by atoms with E-state index >= 15 is 0 Å². The SMILES string of the molecule is O=c1nc(Nc2cccc(F)c2)cc2n1CCC1=C2CCCC1. The fourth-order valence-corrected chi connectivity index (χ4v) is 3.55. The van der Waals surface area contributed by atoms with E-state index in [1.54, 1.807) is 16.7 Å². The van der Waals surface area contributed by atoms with Gasteiger partial charge in [0.2, 0.25) is 0 Å². The largest absolute Gasteiger partial charge is 0.349 e. The van der Waals surface area contributed by atoms with E-state index < -0.39 is 0 Å². The Morgan fingerprint density at radius 1 is 1.13 bits per heavy atom. The van der Waals surface area contributed by atoms with Gasteiger partial charge in [-0.3, -0.25) is 4.57 Å². The average molecular weight is 311 g/mol. The molecule has 4 rings (SSSR count). The number of rotatable bonds is 2. The molecule has 0 bridgehead atoms. The van der Waals surface area contributed by atoms with Crippen LogP contribution in [-0.4, -0.2) is 9.55 Å². The third-order valence-corrected chi connectivity index (χ3v) is 4.64. The quantitative estimate of drug-likeness (QED) is 0.916. The van der Waals surface area contributed by atoms with Gasteiger partial charge in [0, 0.05) is 18.3 Å². The lowest BCUT2D eigenvalue weighted by atomic mass is 9.86. The van der Waals surface area contributed by atoms with Crippen LogP contribution in [-0.2, 0) is 6.54 Å². The molecule has 0 spiro atoms. The first-order chi connectivity index (χ1) is 11.2. The van der Waals surface area contributed by atoms with Crippen molar-refractivity contribution in [3.8, 4) is 0 Å². The van der Waals surface area contributed by atoms with Crippen molar-refractivity contribution < 1.29 is 4.39 Å². The number of benzene rings is 1. The first kappa shape index (κ1) is 14.2. The number of fused-ring (bicyclic) bond motifs is 2. The molecule has 0 fully saturated rings. The van der Waals surface area contributed by atoms with Gasteiger partial charge in [0.05, 0.1) is 5.69 Å². The summed E-state index contributed by atoms with van der Waals surface area (Å²) >= 11 is 0. The smallest absolute Gasteiger partial charge is 0.340 e. The van der Waals surface area contributed by atoms with Crippen LogP contribution in [0.1, 0.15) is 37.8 Å². The van der Waals surface area contributed by atoms with Crippen LogP contribution in [0.2, 0.25) is 0 Å². The molecule has 1 aliphatic heterocycles. The van der Waals surface area contributed by atoms with E-state index in [4.69, 9.17) is 0 Å². The molecule has 1 N–H and O–H groups in total. The van der Waals surface area contributed by atoms with Gasteiger partial charge in [-0.15, -0.1) is 0 Å². The number of halogens is 1. The number of nitrogens with one attached hydrogen (secondary N) is 1. The number of nitrogens with zero attached hydrogens (tertiary/aromatic N) is 2. The highest BCUT2D eigenvalue weighted by Crippen LogP contribution is 2.37. The van der Waals surface area contributed by atoms with Crippen molar-refractivity contribution in [1.29, 1.82) is 0 Å². The van der Waals surface area contributed by atoms with E-state index in [0.717, 1.165) is 25.0 Å². The van der Waals surface area contributed by atoms with E-state index in [1.165, 1.54) is 36.1 Å². The fourth-order valence-electron chi connectivity index (χ4n) is 3.55. The van der Waals surface area contributed by atoms with Gasteiger partial charge in [-0.05, 0) is 55.9 Å². The van der Waals surface area contributed by atoms with Crippen LogP contribution < -0.4 is 11.0 Å². The Kier molecular flexibility index (Phi) is 3.48. The van der Waals surface area contributed by atoms with Crippen LogP contribution in [0.5, 0.6) is 0 Å². The third kappa shape index (κ3) is 2.67. The molecule has 1 aromatic carbocycles. The summed E-state index contributed by atoms with van der Waals surface area (Å²) in [6.45, 7) is 0.709. The Morgan fingerprint density at radius 2 is 2.00 bits per heavy atom. The maximum absolute atomic E-state index is 13.3. The maximum Gasteiger partial charge on any atom is 0.349 e. The summed E-state index contributed by atoms with van der Waals surface area (Å²) in [6, 6.07) is 8.09. The summed E-state index contributed by atoms with van der Waals surface area (Å²) in [4.78, 5) is 16.4. The van der Waals surface area contributed by atoms with Gasteiger partial charge in [0.25, 0.3) is 0 Å². The summed E-state index contributed by atoms with van der Waals surface area (Å²) in [7, 11) is 0. The Hall–Kier alpha value is -2.43. The first-order valence-corrected chi connectivity index (χ1v) is 8.06. The predicted molar refractivity (Wildman–Crippen MR) is 88.2 cm³/mol. The van der Waals surface area contributed by atoms with Crippen LogP contribution >= 0.6 is 0 Å². The van der Waals surface area contributed by atoms with E-state index in [9.17, 15) is 9.18 Å². The zero-order chi connectivity index (χ0) is 15.8. The van der Waals surface area contributed by atoms with Crippen molar-refractivity contribution in [2.24, 2.45) is 0 Å². The van der Waals surface area contributed by atoms with Crippen molar-refractivity contribution in [1.82, 2.24) is 9.55 Å². The molecule has 5 heteroatoms. The van der Waals surface area contributed by atoms with E-state index in [0.29, 0.717) is 18.1 Å². The number of hydrogen-bond donors (Lipinski definition) is 1. The predicted octanol–water partition coefficient (Wildman–Crippen LogP) is 3.86.